The molecule has 0 saturated carbocycles. The Labute approximate surface area is 329 Å². The summed E-state index contributed by atoms with van der Waals surface area (Å²) in [5.74, 6) is 1.86. The lowest BCUT2D eigenvalue weighted by molar-refractivity contribution is 0.669. The Morgan fingerprint density at radius 1 is 0.263 bits per heavy atom. The van der Waals surface area contributed by atoms with E-state index in [0.29, 0.717) is 17.5 Å². The molecule has 0 radical (unpaired) electrons. The van der Waals surface area contributed by atoms with Gasteiger partial charge in [-0.15, -0.1) is 0 Å². The Morgan fingerprint density at radius 2 is 0.737 bits per heavy atom. The lowest BCUT2D eigenvalue weighted by Gasteiger charge is -2.13. The van der Waals surface area contributed by atoms with Crippen molar-refractivity contribution in [3.8, 4) is 67.5 Å². The van der Waals surface area contributed by atoms with Crippen LogP contribution in [-0.4, -0.2) is 15.0 Å². The molecule has 4 nitrogen and oxygen atoms in total. The van der Waals surface area contributed by atoms with Gasteiger partial charge in [-0.3, -0.25) is 0 Å². The SMILES string of the molecule is c1ccc(-c2cccc3c(-c4nc(-c5ccc(-c6ccc7c(c6)oc6ccccc67)cc5)nc(-c5ccc(-c6cccc7ccccc67)cc5)n4)cccc23)cc1. The Kier molecular flexibility index (Phi) is 7.78. The maximum Gasteiger partial charge on any atom is 0.164 e. The zero-order valence-corrected chi connectivity index (χ0v) is 30.8. The number of para-hydroxylation sites is 1. The number of rotatable bonds is 6. The Morgan fingerprint density at radius 3 is 1.49 bits per heavy atom. The second kappa shape index (κ2) is 13.6. The highest BCUT2D eigenvalue weighted by Crippen LogP contribution is 2.37. The molecular weight excluding hydrogens is 695 g/mol. The second-order valence-corrected chi connectivity index (χ2v) is 14.4. The van der Waals surface area contributed by atoms with E-state index in [1.807, 2.05) is 24.3 Å². The van der Waals surface area contributed by atoms with Gasteiger partial charge < -0.3 is 4.42 Å². The van der Waals surface area contributed by atoms with Gasteiger partial charge in [-0.2, -0.15) is 0 Å². The van der Waals surface area contributed by atoms with Crippen molar-refractivity contribution >= 4 is 43.5 Å². The number of furan rings is 1. The van der Waals surface area contributed by atoms with Crippen LogP contribution in [0.3, 0.4) is 0 Å². The third kappa shape index (κ3) is 5.83. The van der Waals surface area contributed by atoms with Gasteiger partial charge in [0.05, 0.1) is 0 Å². The first-order valence-corrected chi connectivity index (χ1v) is 19.2. The first-order valence-electron chi connectivity index (χ1n) is 19.2. The third-order valence-electron chi connectivity index (χ3n) is 11.0. The quantitative estimate of drug-likeness (QED) is 0.171. The Bertz CT molecular complexity index is 3270. The largest absolute Gasteiger partial charge is 0.456 e. The number of aromatic nitrogens is 3. The molecule has 0 bridgehead atoms. The summed E-state index contributed by atoms with van der Waals surface area (Å²) in [6.07, 6.45) is 0. The van der Waals surface area contributed by atoms with Crippen molar-refractivity contribution in [3.05, 3.63) is 200 Å². The van der Waals surface area contributed by atoms with E-state index in [2.05, 4.69) is 176 Å². The molecule has 57 heavy (non-hydrogen) atoms. The molecule has 4 heteroatoms. The normalized spacial score (nSPS) is 11.5. The van der Waals surface area contributed by atoms with Gasteiger partial charge in [0.2, 0.25) is 0 Å². The van der Waals surface area contributed by atoms with Crippen LogP contribution in [0, 0.1) is 0 Å². The van der Waals surface area contributed by atoms with Crippen LogP contribution in [0.2, 0.25) is 0 Å². The number of hydrogen-bond donors (Lipinski definition) is 0. The predicted molar refractivity (Wildman–Crippen MR) is 235 cm³/mol. The number of fused-ring (bicyclic) bond motifs is 5. The summed E-state index contributed by atoms with van der Waals surface area (Å²) in [4.78, 5) is 15.5. The number of hydrogen-bond acceptors (Lipinski definition) is 4. The van der Waals surface area contributed by atoms with Crippen LogP contribution in [0.5, 0.6) is 0 Å². The lowest BCUT2D eigenvalue weighted by atomic mass is 9.95. The molecule has 2 aromatic heterocycles. The van der Waals surface area contributed by atoms with Gasteiger partial charge in [-0.25, -0.2) is 15.0 Å². The molecule has 0 fully saturated rings. The molecule has 11 rings (SSSR count). The number of benzene rings is 9. The minimum Gasteiger partial charge on any atom is -0.456 e. The summed E-state index contributed by atoms with van der Waals surface area (Å²) in [7, 11) is 0. The predicted octanol–water partition coefficient (Wildman–Crippen LogP) is 14.1. The monoisotopic (exact) mass is 727 g/mol. The van der Waals surface area contributed by atoms with Crippen molar-refractivity contribution in [2.24, 2.45) is 0 Å². The van der Waals surface area contributed by atoms with Gasteiger partial charge in [0.1, 0.15) is 11.2 Å². The summed E-state index contributed by atoms with van der Waals surface area (Å²) in [5.41, 5.74) is 11.4. The van der Waals surface area contributed by atoms with Crippen molar-refractivity contribution in [1.82, 2.24) is 15.0 Å². The van der Waals surface area contributed by atoms with E-state index in [-0.39, 0.29) is 0 Å². The zero-order valence-electron chi connectivity index (χ0n) is 30.8. The van der Waals surface area contributed by atoms with E-state index >= 15 is 0 Å². The summed E-state index contributed by atoms with van der Waals surface area (Å²) in [6, 6.07) is 69.9. The molecule has 0 unspecified atom stereocenters. The van der Waals surface area contributed by atoms with Gasteiger partial charge in [-0.05, 0) is 73.1 Å². The van der Waals surface area contributed by atoms with Crippen LogP contribution in [-0.2, 0) is 0 Å². The van der Waals surface area contributed by atoms with Crippen molar-refractivity contribution in [3.63, 3.8) is 0 Å². The van der Waals surface area contributed by atoms with E-state index in [1.54, 1.807) is 0 Å². The van der Waals surface area contributed by atoms with Gasteiger partial charge in [0.25, 0.3) is 0 Å². The van der Waals surface area contributed by atoms with E-state index < -0.39 is 0 Å². The highest BCUT2D eigenvalue weighted by Gasteiger charge is 2.17. The fourth-order valence-corrected chi connectivity index (χ4v) is 8.12. The highest BCUT2D eigenvalue weighted by molar-refractivity contribution is 6.06. The van der Waals surface area contributed by atoms with E-state index in [0.717, 1.165) is 66.1 Å². The first kappa shape index (κ1) is 32.7. The van der Waals surface area contributed by atoms with Crippen LogP contribution in [0.1, 0.15) is 0 Å². The third-order valence-corrected chi connectivity index (χ3v) is 11.0. The van der Waals surface area contributed by atoms with Crippen LogP contribution in [0.25, 0.3) is 111 Å². The fourth-order valence-electron chi connectivity index (χ4n) is 8.12. The second-order valence-electron chi connectivity index (χ2n) is 14.4. The van der Waals surface area contributed by atoms with Crippen molar-refractivity contribution in [2.75, 3.05) is 0 Å². The molecule has 0 atom stereocenters. The molecule has 0 aliphatic heterocycles. The maximum absolute atomic E-state index is 6.21. The maximum atomic E-state index is 6.21. The van der Waals surface area contributed by atoms with E-state index in [1.165, 1.54) is 27.5 Å². The molecule has 0 aliphatic carbocycles. The summed E-state index contributed by atoms with van der Waals surface area (Å²) in [5, 5.41) is 6.92. The number of nitrogens with zero attached hydrogens (tertiary/aromatic N) is 3. The molecule has 0 saturated heterocycles. The average molecular weight is 728 g/mol. The van der Waals surface area contributed by atoms with Crippen LogP contribution < -0.4 is 0 Å². The van der Waals surface area contributed by atoms with Crippen LogP contribution in [0.15, 0.2) is 205 Å². The molecular formula is C53H33N3O. The van der Waals surface area contributed by atoms with Gasteiger partial charge in [0.15, 0.2) is 17.5 Å². The molecule has 9 aromatic carbocycles. The van der Waals surface area contributed by atoms with Crippen molar-refractivity contribution in [2.45, 2.75) is 0 Å². The smallest absolute Gasteiger partial charge is 0.164 e. The molecule has 2 heterocycles. The molecule has 0 amide bonds. The Hall–Kier alpha value is -7.69. The van der Waals surface area contributed by atoms with Gasteiger partial charge in [-0.1, -0.05) is 182 Å². The molecule has 0 N–H and O–H groups in total. The van der Waals surface area contributed by atoms with Crippen molar-refractivity contribution < 1.29 is 4.42 Å². The standard InChI is InChI=1S/C53H33N3O/c1-2-11-35(12-3-1)43-18-9-20-45-44(43)19-10-21-48(45)53-55-51(38-27-23-34(24-28-38)40-31-32-47-46-16-6-7-22-49(46)57-50(47)33-40)54-52(56-53)39-29-25-37(26-30-39)42-17-8-14-36-13-4-5-15-41(36)42/h1-33H. The summed E-state index contributed by atoms with van der Waals surface area (Å²) in [6.45, 7) is 0. The molecule has 266 valence electrons. The molecule has 11 aromatic rings. The minimum atomic E-state index is 0.614. The van der Waals surface area contributed by atoms with Crippen LogP contribution in [0.4, 0.5) is 0 Å². The summed E-state index contributed by atoms with van der Waals surface area (Å²) >= 11 is 0. The lowest BCUT2D eigenvalue weighted by Crippen LogP contribution is -2.00. The molecule has 0 aliphatic rings. The van der Waals surface area contributed by atoms with Crippen molar-refractivity contribution in [1.29, 1.82) is 0 Å². The van der Waals surface area contributed by atoms with Gasteiger partial charge >= 0.3 is 0 Å². The minimum absolute atomic E-state index is 0.614. The summed E-state index contributed by atoms with van der Waals surface area (Å²) < 4.78 is 6.21. The average Bonchev–Trinajstić information content (AvgIpc) is 3.67. The zero-order chi connectivity index (χ0) is 37.7. The molecule has 0 spiro atoms. The first-order chi connectivity index (χ1) is 28.2. The topological polar surface area (TPSA) is 51.8 Å². The highest BCUT2D eigenvalue weighted by atomic mass is 16.3. The van der Waals surface area contributed by atoms with Gasteiger partial charge in [0, 0.05) is 27.5 Å². The van der Waals surface area contributed by atoms with Crippen LogP contribution >= 0.6 is 0 Å². The van der Waals surface area contributed by atoms with E-state index in [9.17, 15) is 0 Å². The Balaban J connectivity index is 1.03. The fraction of sp³-hybridized carbons (Fsp3) is 0. The van der Waals surface area contributed by atoms with E-state index in [4.69, 9.17) is 19.4 Å².